The second kappa shape index (κ2) is 3.59. The third-order valence-electron chi connectivity index (χ3n) is 1.05. The van der Waals surface area contributed by atoms with E-state index in [1.807, 2.05) is 0 Å². The summed E-state index contributed by atoms with van der Waals surface area (Å²) in [6, 6.07) is 0. The first-order valence-electron chi connectivity index (χ1n) is 2.76. The van der Waals surface area contributed by atoms with Crippen LogP contribution in [0.1, 0.15) is 0 Å². The van der Waals surface area contributed by atoms with Crippen molar-refractivity contribution in [1.29, 1.82) is 0 Å². The molecule has 0 aromatic heterocycles. The lowest BCUT2D eigenvalue weighted by Gasteiger charge is -2.17. The van der Waals surface area contributed by atoms with Crippen molar-refractivity contribution in [1.82, 2.24) is 5.06 Å². The van der Waals surface area contributed by atoms with Crippen molar-refractivity contribution in [3.05, 3.63) is 0 Å². The Kier molecular flexibility index (Phi) is 3.34. The summed E-state index contributed by atoms with van der Waals surface area (Å²) >= 11 is 0. The van der Waals surface area contributed by atoms with Gasteiger partial charge in [-0.2, -0.15) is 13.8 Å². The fourth-order valence-electron chi connectivity index (χ4n) is 0.412. The number of halogens is 2. The minimum atomic E-state index is -3.76. The molecular weight excluding hydrogens is 160 g/mol. The number of aliphatic carboxylic acids is 1. The zero-order chi connectivity index (χ0) is 9.07. The summed E-state index contributed by atoms with van der Waals surface area (Å²) in [5.74, 6) is -5.91. The maximum atomic E-state index is 12.3. The second-order valence-electron chi connectivity index (χ2n) is 1.98. The minimum Gasteiger partial charge on any atom is -0.477 e. The Hall–Kier alpha value is -0.750. The Morgan fingerprint density at radius 3 is 2.45 bits per heavy atom. The molecule has 0 heterocycles. The van der Waals surface area contributed by atoms with Crippen LogP contribution in [0.3, 0.4) is 0 Å². The van der Waals surface area contributed by atoms with Gasteiger partial charge in [-0.25, -0.2) is 4.79 Å². The van der Waals surface area contributed by atoms with Crippen LogP contribution in [0.2, 0.25) is 0 Å². The Balaban J connectivity index is 4.01. The molecule has 0 radical (unpaired) electrons. The minimum absolute atomic E-state index is 0.744. The van der Waals surface area contributed by atoms with Gasteiger partial charge in [-0.3, -0.25) is 0 Å². The highest BCUT2D eigenvalue weighted by molar-refractivity contribution is 5.75. The topological polar surface area (TPSA) is 49.8 Å². The molecule has 0 aliphatic carbocycles. The van der Waals surface area contributed by atoms with Crippen molar-refractivity contribution < 1.29 is 23.5 Å². The Labute approximate surface area is 62.3 Å². The Morgan fingerprint density at radius 2 is 2.18 bits per heavy atom. The van der Waals surface area contributed by atoms with E-state index in [2.05, 4.69) is 4.84 Å². The van der Waals surface area contributed by atoms with Gasteiger partial charge in [0.2, 0.25) is 0 Å². The number of alkyl halides is 2. The summed E-state index contributed by atoms with van der Waals surface area (Å²) in [6.07, 6.45) is 0. The fraction of sp³-hybridized carbons (Fsp3) is 0.800. The van der Waals surface area contributed by atoms with Crippen molar-refractivity contribution in [2.24, 2.45) is 0 Å². The lowest BCUT2D eigenvalue weighted by Crippen LogP contribution is -2.40. The number of hydrogen-bond donors (Lipinski definition) is 1. The summed E-state index contributed by atoms with van der Waals surface area (Å²) in [5, 5.41) is 8.70. The molecule has 0 spiro atoms. The first kappa shape index (κ1) is 10.2. The van der Waals surface area contributed by atoms with E-state index in [9.17, 15) is 13.6 Å². The quantitative estimate of drug-likeness (QED) is 0.611. The molecule has 0 atom stereocenters. The third-order valence-corrected chi connectivity index (χ3v) is 1.05. The van der Waals surface area contributed by atoms with Crippen molar-refractivity contribution in [2.75, 3.05) is 20.7 Å². The van der Waals surface area contributed by atoms with Gasteiger partial charge in [0.25, 0.3) is 0 Å². The number of carboxylic acids is 1. The van der Waals surface area contributed by atoms with E-state index >= 15 is 0 Å². The van der Waals surface area contributed by atoms with Crippen molar-refractivity contribution in [3.8, 4) is 0 Å². The second-order valence-corrected chi connectivity index (χ2v) is 1.98. The summed E-state index contributed by atoms with van der Waals surface area (Å²) in [5.41, 5.74) is 0. The van der Waals surface area contributed by atoms with Gasteiger partial charge in [0.1, 0.15) is 0 Å². The fourth-order valence-corrected chi connectivity index (χ4v) is 0.412. The maximum absolute atomic E-state index is 12.3. The molecule has 0 aliphatic heterocycles. The average Bonchev–Trinajstić information content (AvgIpc) is 1.86. The Morgan fingerprint density at radius 1 is 1.73 bits per heavy atom. The predicted octanol–water partition coefficient (Wildman–Crippen LogP) is 0.199. The van der Waals surface area contributed by atoms with E-state index in [0.29, 0.717) is 0 Å². The summed E-state index contributed by atoms with van der Waals surface area (Å²) in [4.78, 5) is 14.2. The first-order valence-corrected chi connectivity index (χ1v) is 2.76. The number of hydrogen-bond acceptors (Lipinski definition) is 3. The molecule has 4 nitrogen and oxygen atoms in total. The molecule has 0 fully saturated rings. The number of carbonyl (C=O) groups is 1. The normalized spacial score (nSPS) is 12.1. The predicted molar refractivity (Wildman–Crippen MR) is 32.2 cm³/mol. The van der Waals surface area contributed by atoms with Gasteiger partial charge >= 0.3 is 11.9 Å². The van der Waals surface area contributed by atoms with E-state index in [1.54, 1.807) is 0 Å². The SMILES string of the molecule is CON(C)CC(F)(F)C(=O)O. The molecule has 0 amide bonds. The molecular formula is C5H9F2NO3. The molecule has 0 bridgehead atoms. The van der Waals surface area contributed by atoms with E-state index in [-0.39, 0.29) is 0 Å². The number of hydroxylamine groups is 2. The van der Waals surface area contributed by atoms with Gasteiger partial charge in [0, 0.05) is 7.05 Å². The standard InChI is InChI=1S/C5H9F2NO3/c1-8(11-2)3-5(6,7)4(9)10/h3H2,1-2H3,(H,9,10). The van der Waals surface area contributed by atoms with Gasteiger partial charge < -0.3 is 9.94 Å². The first-order chi connectivity index (χ1) is 4.90. The van der Waals surface area contributed by atoms with Crippen LogP contribution in [0.4, 0.5) is 8.78 Å². The largest absolute Gasteiger partial charge is 0.477 e. The van der Waals surface area contributed by atoms with Gasteiger partial charge in [0.05, 0.1) is 13.7 Å². The van der Waals surface area contributed by atoms with Crippen LogP contribution in [0.25, 0.3) is 0 Å². The van der Waals surface area contributed by atoms with Crippen LogP contribution in [-0.4, -0.2) is 42.8 Å². The van der Waals surface area contributed by atoms with E-state index in [1.165, 1.54) is 14.2 Å². The summed E-state index contributed by atoms with van der Waals surface area (Å²) in [6.45, 7) is -0.959. The lowest BCUT2D eigenvalue weighted by molar-refractivity contribution is -0.190. The number of nitrogens with zero attached hydrogens (tertiary/aromatic N) is 1. The number of rotatable bonds is 4. The highest BCUT2D eigenvalue weighted by atomic mass is 19.3. The Bertz CT molecular complexity index is 151. The van der Waals surface area contributed by atoms with E-state index < -0.39 is 18.4 Å². The monoisotopic (exact) mass is 169 g/mol. The van der Waals surface area contributed by atoms with Gasteiger partial charge in [-0.15, -0.1) is 0 Å². The summed E-state index contributed by atoms with van der Waals surface area (Å²) in [7, 11) is 2.40. The van der Waals surface area contributed by atoms with Crippen molar-refractivity contribution >= 4 is 5.97 Å². The van der Waals surface area contributed by atoms with Gasteiger partial charge in [-0.1, -0.05) is 0 Å². The molecule has 66 valence electrons. The molecule has 0 aliphatic rings. The number of carboxylic acid groups (broad SMARTS) is 1. The molecule has 6 heteroatoms. The zero-order valence-electron chi connectivity index (χ0n) is 6.17. The van der Waals surface area contributed by atoms with Gasteiger partial charge in [0.15, 0.2) is 0 Å². The zero-order valence-corrected chi connectivity index (χ0v) is 6.17. The highest BCUT2D eigenvalue weighted by Crippen LogP contribution is 2.14. The average molecular weight is 169 g/mol. The lowest BCUT2D eigenvalue weighted by atomic mass is 10.3. The molecule has 1 N–H and O–H groups in total. The molecule has 0 rings (SSSR count). The van der Waals surface area contributed by atoms with Crippen LogP contribution in [-0.2, 0) is 9.63 Å². The summed E-state index contributed by atoms with van der Waals surface area (Å²) < 4.78 is 24.5. The molecule has 0 saturated carbocycles. The smallest absolute Gasteiger partial charge is 0.376 e. The molecule has 0 saturated heterocycles. The van der Waals surface area contributed by atoms with Crippen LogP contribution < -0.4 is 0 Å². The highest BCUT2D eigenvalue weighted by Gasteiger charge is 2.40. The van der Waals surface area contributed by atoms with E-state index in [0.717, 1.165) is 5.06 Å². The third kappa shape index (κ3) is 3.24. The molecule has 11 heavy (non-hydrogen) atoms. The van der Waals surface area contributed by atoms with Crippen LogP contribution in [0.15, 0.2) is 0 Å². The van der Waals surface area contributed by atoms with Crippen molar-refractivity contribution in [2.45, 2.75) is 5.92 Å². The molecule has 0 aromatic carbocycles. The van der Waals surface area contributed by atoms with E-state index in [4.69, 9.17) is 5.11 Å². The van der Waals surface area contributed by atoms with Crippen LogP contribution in [0.5, 0.6) is 0 Å². The van der Waals surface area contributed by atoms with Gasteiger partial charge in [-0.05, 0) is 0 Å². The molecule has 0 unspecified atom stereocenters. The van der Waals surface area contributed by atoms with Crippen LogP contribution >= 0.6 is 0 Å². The van der Waals surface area contributed by atoms with Crippen LogP contribution in [0, 0.1) is 0 Å². The van der Waals surface area contributed by atoms with Crippen molar-refractivity contribution in [3.63, 3.8) is 0 Å². The molecule has 0 aromatic rings. The maximum Gasteiger partial charge on any atom is 0.376 e.